The van der Waals surface area contributed by atoms with E-state index < -0.39 is 0 Å². The molecular formula is C18H16ClN5O2. The third-order valence-electron chi connectivity index (χ3n) is 4.92. The number of hydrogen-bond acceptors (Lipinski definition) is 5. The van der Waals surface area contributed by atoms with Crippen molar-refractivity contribution in [2.75, 3.05) is 11.5 Å². The molecule has 2 aliphatic rings. The summed E-state index contributed by atoms with van der Waals surface area (Å²) in [6, 6.07) is 7.55. The predicted molar refractivity (Wildman–Crippen MR) is 96.1 cm³/mol. The first-order chi connectivity index (χ1) is 12.7. The molecule has 0 saturated carbocycles. The molecule has 8 heteroatoms. The summed E-state index contributed by atoms with van der Waals surface area (Å²) in [6.07, 6.45) is 4.64. The Kier molecular flexibility index (Phi) is 3.65. The fourth-order valence-electron chi connectivity index (χ4n) is 3.64. The largest absolute Gasteiger partial charge is 0.358 e. The summed E-state index contributed by atoms with van der Waals surface area (Å²) in [5, 5.41) is 0.0915. The molecule has 1 atom stereocenters. The highest BCUT2D eigenvalue weighted by Gasteiger charge is 2.32. The predicted octanol–water partition coefficient (Wildman–Crippen LogP) is 3.34. The molecule has 132 valence electrons. The van der Waals surface area contributed by atoms with Crippen LogP contribution in [0.1, 0.15) is 41.4 Å². The highest BCUT2D eigenvalue weighted by molar-refractivity contribution is 6.29. The minimum absolute atomic E-state index is 0.0915. The fraction of sp³-hybridized carbons (Fsp3) is 0.333. The van der Waals surface area contributed by atoms with E-state index in [1.54, 1.807) is 11.2 Å². The number of carbonyl (C=O) groups excluding carboxylic acids is 1. The lowest BCUT2D eigenvalue weighted by atomic mass is 10.1. The van der Waals surface area contributed by atoms with Crippen molar-refractivity contribution in [3.05, 3.63) is 47.0 Å². The second kappa shape index (κ2) is 6.03. The highest BCUT2D eigenvalue weighted by Crippen LogP contribution is 2.33. The van der Waals surface area contributed by atoms with Crippen LogP contribution in [-0.2, 0) is 11.3 Å². The van der Waals surface area contributed by atoms with Crippen LogP contribution in [0.15, 0.2) is 30.6 Å². The second-order valence-electron chi connectivity index (χ2n) is 6.51. The number of aromatic nitrogens is 4. The molecule has 4 heterocycles. The molecule has 1 unspecified atom stereocenters. The van der Waals surface area contributed by atoms with E-state index in [1.165, 1.54) is 0 Å². The zero-order chi connectivity index (χ0) is 17.7. The van der Waals surface area contributed by atoms with Crippen LogP contribution in [0.2, 0.25) is 5.28 Å². The first-order valence-corrected chi connectivity index (χ1v) is 9.01. The van der Waals surface area contributed by atoms with Gasteiger partial charge in [0.2, 0.25) is 5.28 Å². The number of rotatable bonds is 2. The van der Waals surface area contributed by atoms with E-state index in [2.05, 4.69) is 15.0 Å². The van der Waals surface area contributed by atoms with Crippen LogP contribution in [0, 0.1) is 0 Å². The third-order valence-corrected chi connectivity index (χ3v) is 5.09. The molecule has 7 nitrogen and oxygen atoms in total. The van der Waals surface area contributed by atoms with Gasteiger partial charge in [0.15, 0.2) is 17.0 Å². The Morgan fingerprint density at radius 1 is 1.19 bits per heavy atom. The maximum atomic E-state index is 12.8. The number of benzene rings is 1. The summed E-state index contributed by atoms with van der Waals surface area (Å²) in [4.78, 5) is 27.6. The van der Waals surface area contributed by atoms with Gasteiger partial charge < -0.3 is 4.74 Å². The number of nitrogens with zero attached hydrogens (tertiary/aromatic N) is 5. The molecule has 0 bridgehead atoms. The van der Waals surface area contributed by atoms with Gasteiger partial charge in [-0.1, -0.05) is 18.2 Å². The van der Waals surface area contributed by atoms with E-state index in [-0.39, 0.29) is 17.4 Å². The van der Waals surface area contributed by atoms with E-state index in [4.69, 9.17) is 16.3 Å². The smallest absolute Gasteiger partial charge is 0.260 e. The van der Waals surface area contributed by atoms with Gasteiger partial charge in [0.1, 0.15) is 6.23 Å². The molecule has 0 spiro atoms. The number of hydrogen-bond donors (Lipinski definition) is 0. The molecule has 1 amide bonds. The Bertz CT molecular complexity index is 1010. The van der Waals surface area contributed by atoms with E-state index in [9.17, 15) is 4.79 Å². The zero-order valence-corrected chi connectivity index (χ0v) is 14.7. The Labute approximate surface area is 154 Å². The van der Waals surface area contributed by atoms with Crippen molar-refractivity contribution >= 4 is 34.5 Å². The van der Waals surface area contributed by atoms with Crippen LogP contribution in [0.25, 0.3) is 11.2 Å². The summed E-state index contributed by atoms with van der Waals surface area (Å²) >= 11 is 6.19. The molecule has 1 saturated heterocycles. The lowest BCUT2D eigenvalue weighted by Crippen LogP contribution is -2.25. The quantitative estimate of drug-likeness (QED) is 0.648. The van der Waals surface area contributed by atoms with Crippen LogP contribution in [-0.4, -0.2) is 32.0 Å². The van der Waals surface area contributed by atoms with Crippen LogP contribution in [0.4, 0.5) is 5.82 Å². The van der Waals surface area contributed by atoms with Crippen molar-refractivity contribution in [2.24, 2.45) is 0 Å². The Balaban J connectivity index is 1.61. The molecule has 3 aromatic rings. The fourth-order valence-corrected chi connectivity index (χ4v) is 3.80. The second-order valence-corrected chi connectivity index (χ2v) is 6.85. The van der Waals surface area contributed by atoms with Crippen LogP contribution >= 0.6 is 11.6 Å². The van der Waals surface area contributed by atoms with Crippen LogP contribution < -0.4 is 4.90 Å². The number of carbonyl (C=O) groups is 1. The van der Waals surface area contributed by atoms with Gasteiger partial charge in [-0.15, -0.1) is 0 Å². The summed E-state index contributed by atoms with van der Waals surface area (Å²) in [7, 11) is 0. The minimum Gasteiger partial charge on any atom is -0.358 e. The van der Waals surface area contributed by atoms with E-state index in [0.29, 0.717) is 29.1 Å². The minimum atomic E-state index is -0.112. The molecule has 2 aliphatic heterocycles. The summed E-state index contributed by atoms with van der Waals surface area (Å²) < 4.78 is 7.73. The molecule has 2 aromatic heterocycles. The van der Waals surface area contributed by atoms with Crippen LogP contribution in [0.5, 0.6) is 0 Å². The van der Waals surface area contributed by atoms with Gasteiger partial charge in [-0.25, -0.2) is 4.98 Å². The number of amides is 1. The first-order valence-electron chi connectivity index (χ1n) is 8.64. The van der Waals surface area contributed by atoms with Crippen molar-refractivity contribution in [3.8, 4) is 0 Å². The number of anilines is 1. The van der Waals surface area contributed by atoms with Crippen molar-refractivity contribution < 1.29 is 9.53 Å². The number of imidazole rings is 1. The van der Waals surface area contributed by atoms with Gasteiger partial charge in [-0.05, 0) is 42.5 Å². The van der Waals surface area contributed by atoms with Crippen molar-refractivity contribution in [2.45, 2.75) is 32.0 Å². The average Bonchev–Trinajstić information content (AvgIpc) is 3.23. The van der Waals surface area contributed by atoms with Gasteiger partial charge in [0.05, 0.1) is 12.9 Å². The maximum absolute atomic E-state index is 12.8. The number of halogens is 1. The highest BCUT2D eigenvalue weighted by atomic mass is 35.5. The topological polar surface area (TPSA) is 73.1 Å². The zero-order valence-electron chi connectivity index (χ0n) is 13.9. The molecule has 1 fully saturated rings. The Hall–Kier alpha value is -2.51. The molecule has 5 rings (SSSR count). The molecule has 0 radical (unpaired) electrons. The van der Waals surface area contributed by atoms with Crippen molar-refractivity contribution in [1.82, 2.24) is 19.5 Å². The Morgan fingerprint density at radius 3 is 2.88 bits per heavy atom. The van der Waals surface area contributed by atoms with E-state index in [0.717, 1.165) is 31.4 Å². The van der Waals surface area contributed by atoms with E-state index >= 15 is 0 Å². The lowest BCUT2D eigenvalue weighted by molar-refractivity contribution is -0.0298. The van der Waals surface area contributed by atoms with Gasteiger partial charge in [-0.3, -0.25) is 14.3 Å². The molecule has 0 N–H and O–H groups in total. The maximum Gasteiger partial charge on any atom is 0.260 e. The van der Waals surface area contributed by atoms with Gasteiger partial charge in [-0.2, -0.15) is 9.97 Å². The molecule has 26 heavy (non-hydrogen) atoms. The monoisotopic (exact) mass is 369 g/mol. The summed E-state index contributed by atoms with van der Waals surface area (Å²) in [6.45, 7) is 1.17. The third kappa shape index (κ3) is 2.39. The molecule has 1 aromatic carbocycles. The molecular weight excluding hydrogens is 354 g/mol. The standard InChI is InChI=1S/C18H16ClN5O2/c19-18-21-15(23-9-11-5-1-2-6-12(11)17(23)25)14-16(22-18)24(10-20-14)13-7-3-4-8-26-13/h1-2,5-6,10,13H,3-4,7-9H2. The van der Waals surface area contributed by atoms with Crippen molar-refractivity contribution in [3.63, 3.8) is 0 Å². The van der Waals surface area contributed by atoms with Crippen LogP contribution in [0.3, 0.4) is 0 Å². The van der Waals surface area contributed by atoms with Crippen molar-refractivity contribution in [1.29, 1.82) is 0 Å². The first kappa shape index (κ1) is 15.7. The molecule has 0 aliphatic carbocycles. The number of fused-ring (bicyclic) bond motifs is 2. The normalized spacial score (nSPS) is 20.0. The Morgan fingerprint density at radius 2 is 2.08 bits per heavy atom. The van der Waals surface area contributed by atoms with Gasteiger partial charge in [0.25, 0.3) is 5.91 Å². The SMILES string of the molecule is O=C1c2ccccc2CN1c1nc(Cl)nc2c1ncn2C1CCCCO1. The van der Waals surface area contributed by atoms with E-state index in [1.807, 2.05) is 28.8 Å². The lowest BCUT2D eigenvalue weighted by Gasteiger charge is -2.24. The van der Waals surface area contributed by atoms with Gasteiger partial charge >= 0.3 is 0 Å². The summed E-state index contributed by atoms with van der Waals surface area (Å²) in [5.74, 6) is 0.343. The van der Waals surface area contributed by atoms with Gasteiger partial charge in [0, 0.05) is 12.2 Å². The summed E-state index contributed by atoms with van der Waals surface area (Å²) in [5.41, 5.74) is 2.81. The number of ether oxygens (including phenoxy) is 1. The average molecular weight is 370 g/mol.